The van der Waals surface area contributed by atoms with Crippen LogP contribution in [0.15, 0.2) is 42.6 Å². The Labute approximate surface area is 150 Å². The van der Waals surface area contributed by atoms with Crippen LogP contribution in [-0.4, -0.2) is 45.3 Å². The molecule has 1 aliphatic heterocycles. The molecule has 0 radical (unpaired) electrons. The maximum atomic E-state index is 13.1. The number of hydrogen-bond donors (Lipinski definition) is 0. The normalized spacial score (nSPS) is 17.8. The number of nitrogens with zero attached hydrogens (tertiary/aromatic N) is 4. The number of aromatic nitrogens is 3. The van der Waals surface area contributed by atoms with Gasteiger partial charge in [-0.05, 0) is 36.8 Å². The summed E-state index contributed by atoms with van der Waals surface area (Å²) >= 11 is 5.95. The summed E-state index contributed by atoms with van der Waals surface area (Å²) in [7, 11) is 0. The lowest BCUT2D eigenvalue weighted by Crippen LogP contribution is -2.42. The van der Waals surface area contributed by atoms with E-state index >= 15 is 0 Å². The van der Waals surface area contributed by atoms with Gasteiger partial charge in [-0.3, -0.25) is 4.79 Å². The number of halogens is 1. The molecule has 0 saturated carbocycles. The molecule has 3 heterocycles. The van der Waals surface area contributed by atoms with Crippen LogP contribution in [0.3, 0.4) is 0 Å². The lowest BCUT2D eigenvalue weighted by atomic mass is 10.1. The largest absolute Gasteiger partial charge is 0.370 e. The second kappa shape index (κ2) is 6.46. The molecule has 0 bridgehead atoms. The third-order valence-electron chi connectivity index (χ3n) is 4.40. The van der Waals surface area contributed by atoms with E-state index in [1.807, 2.05) is 48.2 Å². The Kier molecular flexibility index (Phi) is 4.15. The van der Waals surface area contributed by atoms with Gasteiger partial charge in [0.2, 0.25) is 0 Å². The number of morpholine rings is 1. The summed E-state index contributed by atoms with van der Waals surface area (Å²) in [4.78, 5) is 14.9. The summed E-state index contributed by atoms with van der Waals surface area (Å²) in [5, 5.41) is 9.17. The third kappa shape index (κ3) is 2.99. The molecule has 1 amide bonds. The minimum Gasteiger partial charge on any atom is -0.370 e. The van der Waals surface area contributed by atoms with Crippen molar-refractivity contribution >= 4 is 23.0 Å². The number of carbonyl (C=O) groups excluding carboxylic acids is 1. The number of hydrogen-bond acceptors (Lipinski definition) is 4. The highest BCUT2D eigenvalue weighted by Gasteiger charge is 2.29. The number of ether oxygens (including phenoxy) is 1. The van der Waals surface area contributed by atoms with E-state index in [4.69, 9.17) is 16.3 Å². The fraction of sp³-hybridized carbons (Fsp3) is 0.278. The summed E-state index contributed by atoms with van der Waals surface area (Å²) in [5.41, 5.74) is 3.02. The van der Waals surface area contributed by atoms with E-state index in [0.29, 0.717) is 36.0 Å². The van der Waals surface area contributed by atoms with Crippen molar-refractivity contribution in [1.29, 1.82) is 0 Å². The van der Waals surface area contributed by atoms with Gasteiger partial charge >= 0.3 is 0 Å². The SMILES string of the molecule is Cc1nn2ncccc2c1C(=O)N1CCOC(c2ccc(Cl)cc2)C1. The smallest absolute Gasteiger partial charge is 0.258 e. The average Bonchev–Trinajstić information content (AvgIpc) is 2.97. The number of carbonyl (C=O) groups is 1. The number of aryl methyl sites for hydroxylation is 1. The van der Waals surface area contributed by atoms with Crippen LogP contribution < -0.4 is 0 Å². The van der Waals surface area contributed by atoms with Gasteiger partial charge in [-0.25, -0.2) is 0 Å². The van der Waals surface area contributed by atoms with E-state index in [1.54, 1.807) is 6.20 Å². The van der Waals surface area contributed by atoms with Crippen molar-refractivity contribution in [2.45, 2.75) is 13.0 Å². The maximum Gasteiger partial charge on any atom is 0.258 e. The number of rotatable bonds is 2. The average molecular weight is 357 g/mol. The Morgan fingerprint density at radius 1 is 1.28 bits per heavy atom. The van der Waals surface area contributed by atoms with E-state index in [9.17, 15) is 4.79 Å². The molecule has 4 rings (SSSR count). The molecule has 0 N–H and O–H groups in total. The standard InChI is InChI=1S/C18H17ClN4O2/c1-12-17(15-3-2-8-20-23(15)21-12)18(24)22-9-10-25-16(11-22)13-4-6-14(19)7-5-13/h2-8,16H,9-11H2,1H3. The van der Waals surface area contributed by atoms with Crippen LogP contribution in [0.1, 0.15) is 27.7 Å². The first kappa shape index (κ1) is 16.1. The molecule has 1 unspecified atom stereocenters. The molecule has 1 atom stereocenters. The molecule has 0 aliphatic carbocycles. The lowest BCUT2D eigenvalue weighted by molar-refractivity contribution is -0.0227. The molecule has 7 heteroatoms. The highest BCUT2D eigenvalue weighted by atomic mass is 35.5. The third-order valence-corrected chi connectivity index (χ3v) is 4.66. The van der Waals surface area contributed by atoms with Gasteiger partial charge in [0.1, 0.15) is 11.6 Å². The molecule has 1 saturated heterocycles. The van der Waals surface area contributed by atoms with Crippen LogP contribution in [0.4, 0.5) is 0 Å². The second-order valence-corrected chi connectivity index (χ2v) is 6.46. The predicted molar refractivity (Wildman–Crippen MR) is 93.8 cm³/mol. The molecular weight excluding hydrogens is 340 g/mol. The molecule has 6 nitrogen and oxygen atoms in total. The molecule has 0 spiro atoms. The van der Waals surface area contributed by atoms with Gasteiger partial charge in [0.15, 0.2) is 0 Å². The molecular formula is C18H17ClN4O2. The van der Waals surface area contributed by atoms with Crippen LogP contribution in [0.2, 0.25) is 5.02 Å². The van der Waals surface area contributed by atoms with Crippen molar-refractivity contribution < 1.29 is 9.53 Å². The first-order valence-corrected chi connectivity index (χ1v) is 8.48. The van der Waals surface area contributed by atoms with Crippen molar-refractivity contribution in [2.75, 3.05) is 19.7 Å². The van der Waals surface area contributed by atoms with Crippen LogP contribution in [0, 0.1) is 6.92 Å². The van der Waals surface area contributed by atoms with Crippen molar-refractivity contribution in [2.24, 2.45) is 0 Å². The summed E-state index contributed by atoms with van der Waals surface area (Å²) in [6.45, 7) is 3.38. The predicted octanol–water partition coefficient (Wildman–Crippen LogP) is 2.90. The highest BCUT2D eigenvalue weighted by Crippen LogP contribution is 2.26. The first-order chi connectivity index (χ1) is 12.1. The summed E-state index contributed by atoms with van der Waals surface area (Å²) < 4.78 is 7.35. The molecule has 1 aromatic carbocycles. The van der Waals surface area contributed by atoms with Crippen molar-refractivity contribution in [3.05, 3.63) is 64.4 Å². The van der Waals surface area contributed by atoms with Crippen LogP contribution >= 0.6 is 11.6 Å². The Hall–Kier alpha value is -2.44. The van der Waals surface area contributed by atoms with Crippen LogP contribution in [0.5, 0.6) is 0 Å². The molecule has 3 aromatic rings. The van der Waals surface area contributed by atoms with Gasteiger partial charge in [-0.1, -0.05) is 23.7 Å². The first-order valence-electron chi connectivity index (χ1n) is 8.10. The van der Waals surface area contributed by atoms with E-state index in [0.717, 1.165) is 11.1 Å². The fourth-order valence-electron chi connectivity index (χ4n) is 3.14. The Bertz CT molecular complexity index is 922. The number of fused-ring (bicyclic) bond motifs is 1. The Morgan fingerprint density at radius 2 is 2.08 bits per heavy atom. The highest BCUT2D eigenvalue weighted by molar-refractivity contribution is 6.30. The van der Waals surface area contributed by atoms with Gasteiger partial charge < -0.3 is 9.64 Å². The van der Waals surface area contributed by atoms with Crippen molar-refractivity contribution in [3.63, 3.8) is 0 Å². The van der Waals surface area contributed by atoms with Gasteiger partial charge in [0.05, 0.1) is 24.4 Å². The molecule has 25 heavy (non-hydrogen) atoms. The zero-order chi connectivity index (χ0) is 17.4. The van der Waals surface area contributed by atoms with E-state index in [-0.39, 0.29) is 12.0 Å². The van der Waals surface area contributed by atoms with Crippen LogP contribution in [-0.2, 0) is 4.74 Å². The monoisotopic (exact) mass is 356 g/mol. The molecule has 128 valence electrons. The van der Waals surface area contributed by atoms with Crippen LogP contribution in [0.25, 0.3) is 5.52 Å². The molecule has 2 aromatic heterocycles. The Morgan fingerprint density at radius 3 is 2.88 bits per heavy atom. The molecule has 1 fully saturated rings. The van der Waals surface area contributed by atoms with Gasteiger partial charge in [-0.2, -0.15) is 14.8 Å². The minimum absolute atomic E-state index is 0.0391. The van der Waals surface area contributed by atoms with E-state index in [1.165, 1.54) is 4.63 Å². The lowest BCUT2D eigenvalue weighted by Gasteiger charge is -2.33. The quantitative estimate of drug-likeness (QED) is 0.708. The van der Waals surface area contributed by atoms with Crippen molar-refractivity contribution in [1.82, 2.24) is 19.7 Å². The van der Waals surface area contributed by atoms with E-state index in [2.05, 4.69) is 10.2 Å². The van der Waals surface area contributed by atoms with E-state index < -0.39 is 0 Å². The van der Waals surface area contributed by atoms with Gasteiger partial charge in [0.25, 0.3) is 5.91 Å². The molecule has 1 aliphatic rings. The number of amides is 1. The topological polar surface area (TPSA) is 59.7 Å². The van der Waals surface area contributed by atoms with Crippen molar-refractivity contribution in [3.8, 4) is 0 Å². The minimum atomic E-state index is -0.157. The number of benzene rings is 1. The fourth-order valence-corrected chi connectivity index (χ4v) is 3.27. The summed E-state index contributed by atoms with van der Waals surface area (Å²) in [6.07, 6.45) is 1.49. The summed E-state index contributed by atoms with van der Waals surface area (Å²) in [5.74, 6) is -0.0391. The summed E-state index contributed by atoms with van der Waals surface area (Å²) in [6, 6.07) is 11.2. The zero-order valence-corrected chi connectivity index (χ0v) is 14.5. The Balaban J connectivity index is 1.61. The van der Waals surface area contributed by atoms with Gasteiger partial charge in [0, 0.05) is 17.8 Å². The second-order valence-electron chi connectivity index (χ2n) is 6.02. The zero-order valence-electron chi connectivity index (χ0n) is 13.7. The maximum absolute atomic E-state index is 13.1. The van der Waals surface area contributed by atoms with Gasteiger partial charge in [-0.15, -0.1) is 0 Å².